The molecule has 1 saturated heterocycles. The highest BCUT2D eigenvalue weighted by Crippen LogP contribution is 2.34. The molecule has 31 heavy (non-hydrogen) atoms. The number of hydrogen-bond donors (Lipinski definition) is 0. The first-order chi connectivity index (χ1) is 14.9. The third kappa shape index (κ3) is 4.10. The van der Waals surface area contributed by atoms with Crippen LogP contribution in [0.3, 0.4) is 0 Å². The lowest BCUT2D eigenvalue weighted by Gasteiger charge is -2.30. The number of benzene rings is 1. The predicted molar refractivity (Wildman–Crippen MR) is 110 cm³/mol. The third-order valence-electron chi connectivity index (χ3n) is 5.31. The van der Waals surface area contributed by atoms with Crippen LogP contribution >= 0.6 is 0 Å². The first-order valence-electron chi connectivity index (χ1n) is 9.76. The number of piperidine rings is 1. The molecule has 0 spiro atoms. The Morgan fingerprint density at radius 2 is 1.97 bits per heavy atom. The highest BCUT2D eigenvalue weighted by Gasteiger charge is 2.34. The summed E-state index contributed by atoms with van der Waals surface area (Å²) in [4.78, 5) is 8.29. The maximum absolute atomic E-state index is 13.2. The molecule has 1 aliphatic rings. The van der Waals surface area contributed by atoms with Crippen molar-refractivity contribution < 1.29 is 22.3 Å². The molecule has 0 unspecified atom stereocenters. The quantitative estimate of drug-likeness (QED) is 0.563. The van der Waals surface area contributed by atoms with Gasteiger partial charge in [-0.25, -0.2) is 18.4 Å². The Morgan fingerprint density at radius 3 is 2.71 bits per heavy atom. The van der Waals surface area contributed by atoms with Crippen molar-refractivity contribution in [3.8, 4) is 23.0 Å². The maximum atomic E-state index is 13.2. The van der Waals surface area contributed by atoms with Gasteiger partial charge in [-0.1, -0.05) is 0 Å². The van der Waals surface area contributed by atoms with Crippen LogP contribution in [0.25, 0.3) is 11.5 Å². The van der Waals surface area contributed by atoms with E-state index < -0.39 is 10.0 Å². The van der Waals surface area contributed by atoms with Gasteiger partial charge < -0.3 is 13.9 Å². The Bertz CT molecular complexity index is 1180. The monoisotopic (exact) mass is 445 g/mol. The fourth-order valence-corrected chi connectivity index (χ4v) is 5.14. The van der Waals surface area contributed by atoms with Crippen molar-refractivity contribution in [2.75, 3.05) is 27.3 Å². The number of nitrogens with zero attached hydrogens (tertiary/aromatic N) is 5. The van der Waals surface area contributed by atoms with E-state index in [9.17, 15) is 8.42 Å². The van der Waals surface area contributed by atoms with Gasteiger partial charge in [-0.2, -0.15) is 4.31 Å². The molecule has 10 nitrogen and oxygen atoms in total. The third-order valence-corrected chi connectivity index (χ3v) is 7.17. The fraction of sp³-hybridized carbons (Fsp3) is 0.400. The summed E-state index contributed by atoms with van der Waals surface area (Å²) in [7, 11) is -0.752. The zero-order chi connectivity index (χ0) is 22.0. The second-order valence-electron chi connectivity index (χ2n) is 7.19. The Balaban J connectivity index is 1.57. The molecule has 1 aromatic carbocycles. The number of methoxy groups -OCH3 is 2. The molecule has 0 aliphatic carbocycles. The van der Waals surface area contributed by atoms with Gasteiger partial charge in [0.2, 0.25) is 15.9 Å². The summed E-state index contributed by atoms with van der Waals surface area (Å²) >= 11 is 0. The van der Waals surface area contributed by atoms with Crippen LogP contribution in [0.1, 0.15) is 30.3 Å². The van der Waals surface area contributed by atoms with Crippen LogP contribution in [-0.4, -0.2) is 60.2 Å². The average molecular weight is 446 g/mol. The highest BCUT2D eigenvalue weighted by atomic mass is 32.2. The van der Waals surface area contributed by atoms with Gasteiger partial charge >= 0.3 is 0 Å². The topological polar surface area (TPSA) is 121 Å². The smallest absolute Gasteiger partial charge is 0.251 e. The largest absolute Gasteiger partial charge is 0.493 e. The number of sulfonamides is 1. The minimum Gasteiger partial charge on any atom is -0.493 e. The number of hydrogen-bond acceptors (Lipinski definition) is 9. The lowest BCUT2D eigenvalue weighted by molar-refractivity contribution is 0.286. The normalized spacial score (nSPS) is 17.5. The van der Waals surface area contributed by atoms with E-state index in [4.69, 9.17) is 13.9 Å². The Hall–Kier alpha value is -3.05. The molecule has 0 amide bonds. The molecule has 1 aliphatic heterocycles. The van der Waals surface area contributed by atoms with Gasteiger partial charge in [-0.15, -0.1) is 10.2 Å². The zero-order valence-electron chi connectivity index (χ0n) is 17.5. The van der Waals surface area contributed by atoms with E-state index in [1.54, 1.807) is 12.3 Å². The van der Waals surface area contributed by atoms with Crippen molar-refractivity contribution >= 4 is 10.0 Å². The van der Waals surface area contributed by atoms with Gasteiger partial charge in [-0.05, 0) is 31.9 Å². The van der Waals surface area contributed by atoms with Crippen LogP contribution in [0.4, 0.5) is 0 Å². The van der Waals surface area contributed by atoms with Crippen molar-refractivity contribution in [2.45, 2.75) is 30.6 Å². The molecule has 3 aromatic rings. The first-order valence-corrected chi connectivity index (χ1v) is 11.2. The zero-order valence-corrected chi connectivity index (χ0v) is 18.3. The summed E-state index contributed by atoms with van der Waals surface area (Å²) in [5, 5.41) is 8.28. The molecule has 0 bridgehead atoms. The summed E-state index contributed by atoms with van der Waals surface area (Å²) in [6.45, 7) is 2.50. The molecule has 0 radical (unpaired) electrons. The lowest BCUT2D eigenvalue weighted by Crippen LogP contribution is -2.39. The molecule has 4 rings (SSSR count). The van der Waals surface area contributed by atoms with E-state index in [-0.39, 0.29) is 17.4 Å². The van der Waals surface area contributed by atoms with Crippen LogP contribution in [0.15, 0.2) is 40.0 Å². The van der Waals surface area contributed by atoms with Gasteiger partial charge in [-0.3, -0.25) is 0 Å². The number of aromatic nitrogens is 4. The van der Waals surface area contributed by atoms with Crippen LogP contribution in [0.2, 0.25) is 0 Å². The summed E-state index contributed by atoms with van der Waals surface area (Å²) in [5.74, 6) is 1.36. The van der Waals surface area contributed by atoms with E-state index in [0.717, 1.165) is 12.1 Å². The second-order valence-corrected chi connectivity index (χ2v) is 9.12. The molecule has 1 fully saturated rings. The van der Waals surface area contributed by atoms with E-state index >= 15 is 0 Å². The molecule has 0 N–H and O–H groups in total. The molecule has 3 heterocycles. The maximum Gasteiger partial charge on any atom is 0.251 e. The van der Waals surface area contributed by atoms with Gasteiger partial charge in [0.15, 0.2) is 11.5 Å². The molecular weight excluding hydrogens is 422 g/mol. The van der Waals surface area contributed by atoms with E-state index in [1.165, 1.54) is 37.0 Å². The summed E-state index contributed by atoms with van der Waals surface area (Å²) in [5.41, 5.74) is 1.39. The van der Waals surface area contributed by atoms with Gasteiger partial charge in [0.1, 0.15) is 6.33 Å². The molecule has 11 heteroatoms. The van der Waals surface area contributed by atoms with Gasteiger partial charge in [0.25, 0.3) is 5.89 Å². The van der Waals surface area contributed by atoms with Crippen LogP contribution in [0, 0.1) is 6.92 Å². The number of rotatable bonds is 6. The fourth-order valence-electron chi connectivity index (χ4n) is 3.60. The van der Waals surface area contributed by atoms with Gasteiger partial charge in [0.05, 0.1) is 36.3 Å². The first kappa shape index (κ1) is 21.2. The summed E-state index contributed by atoms with van der Waals surface area (Å²) < 4.78 is 44.3. The minimum absolute atomic E-state index is 0.147. The highest BCUT2D eigenvalue weighted by molar-refractivity contribution is 7.89. The van der Waals surface area contributed by atoms with Crippen molar-refractivity contribution in [1.82, 2.24) is 24.5 Å². The number of aryl methyl sites for hydroxylation is 1. The Kier molecular flexibility index (Phi) is 5.88. The van der Waals surface area contributed by atoms with Crippen LogP contribution in [0.5, 0.6) is 11.5 Å². The molecule has 164 valence electrons. The second kappa shape index (κ2) is 8.60. The van der Waals surface area contributed by atoms with E-state index in [2.05, 4.69) is 20.2 Å². The molecular formula is C20H23N5O5S. The van der Waals surface area contributed by atoms with E-state index in [1.807, 2.05) is 6.92 Å². The van der Waals surface area contributed by atoms with Crippen LogP contribution in [-0.2, 0) is 10.0 Å². The standard InChI is InChI=1S/C20H23N5O5S/c1-13-16(10-21-12-22-13)20-24-23-19(30-20)14-5-4-8-25(11-14)31(26,27)15-6-7-17(28-2)18(9-15)29-3/h6-7,9-10,12,14H,4-5,8,11H2,1-3H3/t14-/m1/s1. The van der Waals surface area contributed by atoms with Crippen molar-refractivity contribution in [2.24, 2.45) is 0 Å². The molecule has 2 aromatic heterocycles. The van der Waals surface area contributed by atoms with Gasteiger partial charge in [0, 0.05) is 25.4 Å². The van der Waals surface area contributed by atoms with E-state index in [0.29, 0.717) is 41.8 Å². The SMILES string of the molecule is COc1ccc(S(=O)(=O)N2CCC[C@@H](c3nnc(-c4cncnc4C)o3)C2)cc1OC. The van der Waals surface area contributed by atoms with Crippen molar-refractivity contribution in [1.29, 1.82) is 0 Å². The summed E-state index contributed by atoms with van der Waals surface area (Å²) in [6, 6.07) is 4.58. The average Bonchev–Trinajstić information content (AvgIpc) is 3.29. The van der Waals surface area contributed by atoms with Crippen molar-refractivity contribution in [3.05, 3.63) is 42.3 Å². The van der Waals surface area contributed by atoms with Crippen molar-refractivity contribution in [3.63, 3.8) is 0 Å². The summed E-state index contributed by atoms with van der Waals surface area (Å²) in [6.07, 6.45) is 4.51. The number of ether oxygens (including phenoxy) is 2. The Labute approximate surface area is 180 Å². The lowest BCUT2D eigenvalue weighted by atomic mass is 10.00. The molecule has 0 saturated carbocycles. The predicted octanol–water partition coefficient (Wildman–Crippen LogP) is 2.42. The van der Waals surface area contributed by atoms with Crippen LogP contribution < -0.4 is 9.47 Å². The Morgan fingerprint density at radius 1 is 1.16 bits per heavy atom. The molecule has 1 atom stereocenters. The minimum atomic E-state index is -3.72.